The summed E-state index contributed by atoms with van der Waals surface area (Å²) >= 11 is 0. The molecule has 3 N–H and O–H groups in total. The van der Waals surface area contributed by atoms with Crippen LogP contribution in [0, 0.1) is 5.92 Å². The number of likely N-dealkylation sites (tertiary alicyclic amines) is 1. The summed E-state index contributed by atoms with van der Waals surface area (Å²) in [6.07, 6.45) is 7.48. The smallest absolute Gasteiger partial charge is 0.250 e. The van der Waals surface area contributed by atoms with E-state index in [9.17, 15) is 19.2 Å². The molecule has 2 atom stereocenters. The summed E-state index contributed by atoms with van der Waals surface area (Å²) in [7, 11) is 0. The Hall–Kier alpha value is -3.92. The molecule has 2 aromatic carbocycles. The topological polar surface area (TPSA) is 114 Å². The Balaban J connectivity index is 1.13. The van der Waals surface area contributed by atoms with E-state index in [4.69, 9.17) is 0 Å². The minimum Gasteiger partial charge on any atom is -0.352 e. The summed E-state index contributed by atoms with van der Waals surface area (Å²) in [5.74, 6) is -0.207. The number of anilines is 1. The van der Waals surface area contributed by atoms with Crippen molar-refractivity contribution < 1.29 is 19.2 Å². The lowest BCUT2D eigenvalue weighted by Gasteiger charge is -2.44. The third-order valence-corrected chi connectivity index (χ3v) is 10.5. The average molecular weight is 643 g/mol. The zero-order valence-electron chi connectivity index (χ0n) is 27.9. The summed E-state index contributed by atoms with van der Waals surface area (Å²) in [5.41, 5.74) is 2.45. The molecular weight excluding hydrogens is 592 g/mol. The monoisotopic (exact) mass is 642 g/mol. The quantitative estimate of drug-likeness (QED) is 0.387. The lowest BCUT2D eigenvalue weighted by molar-refractivity contribution is -0.142. The Kier molecular flexibility index (Phi) is 10.2. The highest BCUT2D eigenvalue weighted by Crippen LogP contribution is 2.39. The summed E-state index contributed by atoms with van der Waals surface area (Å²) in [5, 5.41) is 9.59. The van der Waals surface area contributed by atoms with E-state index in [-0.39, 0.29) is 42.1 Å². The molecule has 2 unspecified atom stereocenters. The Bertz CT molecular complexity index is 1430. The van der Waals surface area contributed by atoms with Crippen molar-refractivity contribution in [1.82, 2.24) is 25.8 Å². The molecule has 2 saturated heterocycles. The van der Waals surface area contributed by atoms with Crippen LogP contribution in [0.1, 0.15) is 76.3 Å². The third-order valence-electron chi connectivity index (χ3n) is 10.5. The molecule has 4 aliphatic rings. The van der Waals surface area contributed by atoms with E-state index in [2.05, 4.69) is 46.8 Å². The molecule has 10 heteroatoms. The summed E-state index contributed by atoms with van der Waals surface area (Å²) < 4.78 is 0. The van der Waals surface area contributed by atoms with Crippen LogP contribution in [-0.2, 0) is 32.1 Å². The van der Waals surface area contributed by atoms with Crippen molar-refractivity contribution in [3.63, 3.8) is 0 Å². The number of nitrogens with zero attached hydrogens (tertiary/aromatic N) is 3. The van der Waals surface area contributed by atoms with Crippen molar-refractivity contribution in [3.05, 3.63) is 65.7 Å². The number of hydrogen-bond donors (Lipinski definition) is 3. The SMILES string of the molecule is CC(C)CC(NC(=O)C1Cc2ccccc2CN1)C(=O)N1CCC2(CC1)C(=O)N(CC(=O)NC1CCCCC1)CN2c1ccccc1. The number of para-hydroxylation sites is 1. The van der Waals surface area contributed by atoms with Gasteiger partial charge in [0.1, 0.15) is 18.1 Å². The first-order valence-corrected chi connectivity index (χ1v) is 17.5. The van der Waals surface area contributed by atoms with Gasteiger partial charge in [-0.15, -0.1) is 0 Å². The number of piperidine rings is 1. The van der Waals surface area contributed by atoms with Crippen LogP contribution in [0.15, 0.2) is 54.6 Å². The Morgan fingerprint density at radius 1 is 0.936 bits per heavy atom. The molecule has 10 nitrogen and oxygen atoms in total. The van der Waals surface area contributed by atoms with Crippen molar-refractivity contribution in [1.29, 1.82) is 0 Å². The van der Waals surface area contributed by atoms with Gasteiger partial charge in [-0.3, -0.25) is 19.2 Å². The largest absolute Gasteiger partial charge is 0.352 e. The highest BCUT2D eigenvalue weighted by molar-refractivity contribution is 5.97. The maximum Gasteiger partial charge on any atom is 0.250 e. The number of carbonyl (C=O) groups is 4. The lowest BCUT2D eigenvalue weighted by Crippen LogP contribution is -2.60. The fourth-order valence-corrected chi connectivity index (χ4v) is 7.94. The Morgan fingerprint density at radius 2 is 1.62 bits per heavy atom. The molecule has 3 heterocycles. The molecule has 3 aliphatic heterocycles. The van der Waals surface area contributed by atoms with Crippen LogP contribution in [0.25, 0.3) is 0 Å². The first kappa shape index (κ1) is 33.0. The molecule has 0 aromatic heterocycles. The fourth-order valence-electron chi connectivity index (χ4n) is 7.94. The van der Waals surface area contributed by atoms with Crippen molar-refractivity contribution in [3.8, 4) is 0 Å². The zero-order valence-corrected chi connectivity index (χ0v) is 27.9. The minimum absolute atomic E-state index is 0.0330. The second kappa shape index (κ2) is 14.5. The normalized spacial score (nSPS) is 21.9. The number of benzene rings is 2. The fraction of sp³-hybridized carbons (Fsp3) is 0.568. The number of fused-ring (bicyclic) bond motifs is 1. The number of hydrogen-bond acceptors (Lipinski definition) is 6. The van der Waals surface area contributed by atoms with Gasteiger partial charge < -0.3 is 30.7 Å². The van der Waals surface area contributed by atoms with Crippen LogP contribution in [-0.4, -0.2) is 83.4 Å². The van der Waals surface area contributed by atoms with E-state index in [1.54, 1.807) is 4.90 Å². The highest BCUT2D eigenvalue weighted by atomic mass is 16.2. The van der Waals surface area contributed by atoms with Gasteiger partial charge in [0.05, 0.1) is 12.7 Å². The van der Waals surface area contributed by atoms with Gasteiger partial charge in [-0.1, -0.05) is 75.6 Å². The van der Waals surface area contributed by atoms with Crippen LogP contribution in [0.3, 0.4) is 0 Å². The van der Waals surface area contributed by atoms with Crippen molar-refractivity contribution in [2.75, 3.05) is 31.2 Å². The van der Waals surface area contributed by atoms with E-state index in [1.807, 2.05) is 47.4 Å². The first-order valence-electron chi connectivity index (χ1n) is 17.5. The second-order valence-electron chi connectivity index (χ2n) is 14.3. The van der Waals surface area contributed by atoms with E-state index in [1.165, 1.54) is 12.0 Å². The van der Waals surface area contributed by atoms with Gasteiger partial charge in [0.2, 0.25) is 17.7 Å². The standard InChI is InChI=1S/C37H50N6O4/c1-26(2)21-32(40-34(45)31-22-27-11-9-10-12-28(27)23-38-31)35(46)41-19-17-37(18-20-41)36(47)42(25-43(37)30-15-7-4-8-16-30)24-33(44)39-29-13-5-3-6-14-29/h4,7-12,15-16,26,29,31-32,38H,3,5-6,13-14,17-25H2,1-2H3,(H,39,44)(H,40,45). The molecule has 3 fully saturated rings. The highest BCUT2D eigenvalue weighted by Gasteiger charge is 2.54. The van der Waals surface area contributed by atoms with Crippen molar-refractivity contribution >= 4 is 29.3 Å². The van der Waals surface area contributed by atoms with Gasteiger partial charge in [-0.05, 0) is 67.7 Å². The average Bonchev–Trinajstić information content (AvgIpc) is 3.34. The summed E-state index contributed by atoms with van der Waals surface area (Å²) in [6.45, 7) is 5.90. The van der Waals surface area contributed by atoms with E-state index in [0.29, 0.717) is 52.0 Å². The molecule has 0 bridgehead atoms. The van der Waals surface area contributed by atoms with Crippen LogP contribution in [0.4, 0.5) is 5.69 Å². The van der Waals surface area contributed by atoms with Gasteiger partial charge in [0.25, 0.3) is 5.91 Å². The number of rotatable bonds is 9. The summed E-state index contributed by atoms with van der Waals surface area (Å²) in [6, 6.07) is 17.2. The van der Waals surface area contributed by atoms with Crippen LogP contribution < -0.4 is 20.9 Å². The first-order chi connectivity index (χ1) is 22.7. The molecule has 252 valence electrons. The van der Waals surface area contributed by atoms with E-state index >= 15 is 0 Å². The predicted molar refractivity (Wildman–Crippen MR) is 181 cm³/mol. The minimum atomic E-state index is -0.834. The van der Waals surface area contributed by atoms with Crippen LogP contribution >= 0.6 is 0 Å². The lowest BCUT2D eigenvalue weighted by atomic mass is 9.85. The maximum absolute atomic E-state index is 14.2. The third kappa shape index (κ3) is 7.32. The molecule has 0 radical (unpaired) electrons. The maximum atomic E-state index is 14.2. The van der Waals surface area contributed by atoms with Gasteiger partial charge in [0.15, 0.2) is 0 Å². The van der Waals surface area contributed by atoms with E-state index in [0.717, 1.165) is 36.9 Å². The molecule has 2 aromatic rings. The zero-order chi connectivity index (χ0) is 33.0. The Morgan fingerprint density at radius 3 is 2.32 bits per heavy atom. The Labute approximate surface area is 278 Å². The molecule has 1 aliphatic carbocycles. The number of carbonyl (C=O) groups excluding carboxylic acids is 4. The van der Waals surface area contributed by atoms with Crippen molar-refractivity contribution in [2.24, 2.45) is 5.92 Å². The van der Waals surface area contributed by atoms with Gasteiger partial charge in [-0.2, -0.15) is 0 Å². The molecular formula is C37H50N6O4. The van der Waals surface area contributed by atoms with Crippen molar-refractivity contribution in [2.45, 2.75) is 102 Å². The molecule has 4 amide bonds. The van der Waals surface area contributed by atoms with Crippen LogP contribution in [0.2, 0.25) is 0 Å². The second-order valence-corrected chi connectivity index (χ2v) is 14.3. The molecule has 1 saturated carbocycles. The molecule has 47 heavy (non-hydrogen) atoms. The predicted octanol–water partition coefficient (Wildman–Crippen LogP) is 3.35. The van der Waals surface area contributed by atoms with Gasteiger partial charge in [-0.25, -0.2) is 0 Å². The van der Waals surface area contributed by atoms with E-state index < -0.39 is 17.6 Å². The number of nitrogens with one attached hydrogen (secondary N) is 3. The summed E-state index contributed by atoms with van der Waals surface area (Å²) in [4.78, 5) is 60.4. The number of amides is 4. The molecule has 6 rings (SSSR count). The molecule has 1 spiro atoms. The van der Waals surface area contributed by atoms with Crippen LogP contribution in [0.5, 0.6) is 0 Å². The van der Waals surface area contributed by atoms with Gasteiger partial charge in [0, 0.05) is 31.4 Å². The van der Waals surface area contributed by atoms with Gasteiger partial charge >= 0.3 is 0 Å².